The average molecular weight is 218 g/mol. The number of benzene rings is 1. The summed E-state index contributed by atoms with van der Waals surface area (Å²) >= 11 is 0. The molecule has 0 aromatic heterocycles. The molecule has 1 nitrogen and oxygen atoms in total. The molecule has 0 aliphatic heterocycles. The highest BCUT2D eigenvalue weighted by Crippen LogP contribution is 2.27. The van der Waals surface area contributed by atoms with Gasteiger partial charge in [-0.05, 0) is 43.2 Å². The van der Waals surface area contributed by atoms with E-state index in [0.717, 1.165) is 12.8 Å². The Balaban J connectivity index is 2.05. The molecule has 1 fully saturated rings. The summed E-state index contributed by atoms with van der Waals surface area (Å²) in [6, 6.07) is 8.55. The lowest BCUT2D eigenvalue weighted by Gasteiger charge is -2.21. The molecule has 1 heteroatoms. The SMILES string of the molecule is Cc1ccccc1CC1CCCCCC1O. The van der Waals surface area contributed by atoms with Crippen molar-refractivity contribution in [3.05, 3.63) is 35.4 Å². The maximum atomic E-state index is 10.1. The van der Waals surface area contributed by atoms with Crippen LogP contribution in [0.25, 0.3) is 0 Å². The molecular formula is C15H22O. The van der Waals surface area contributed by atoms with E-state index in [1.807, 2.05) is 0 Å². The molecule has 1 aromatic rings. The Morgan fingerprint density at radius 1 is 1.12 bits per heavy atom. The summed E-state index contributed by atoms with van der Waals surface area (Å²) in [6.45, 7) is 2.17. The summed E-state index contributed by atoms with van der Waals surface area (Å²) in [6.07, 6.45) is 6.93. The van der Waals surface area contributed by atoms with E-state index in [9.17, 15) is 5.11 Å². The molecule has 0 saturated heterocycles. The Bertz CT molecular complexity index is 332. The standard InChI is InChI=1S/C15H22O/c1-12-7-5-6-8-13(12)11-14-9-3-2-4-10-15(14)16/h5-8,14-16H,2-4,9-11H2,1H3. The first-order chi connectivity index (χ1) is 7.77. The van der Waals surface area contributed by atoms with Crippen molar-refractivity contribution in [1.29, 1.82) is 0 Å². The van der Waals surface area contributed by atoms with Crippen molar-refractivity contribution >= 4 is 0 Å². The summed E-state index contributed by atoms with van der Waals surface area (Å²) in [5.74, 6) is 0.476. The Morgan fingerprint density at radius 2 is 1.88 bits per heavy atom. The van der Waals surface area contributed by atoms with Gasteiger partial charge in [-0.1, -0.05) is 43.5 Å². The first kappa shape index (κ1) is 11.7. The number of hydrogen-bond donors (Lipinski definition) is 1. The molecule has 0 amide bonds. The fourth-order valence-corrected chi connectivity index (χ4v) is 2.72. The minimum Gasteiger partial charge on any atom is -0.393 e. The molecule has 16 heavy (non-hydrogen) atoms. The number of rotatable bonds is 2. The number of aryl methyl sites for hydroxylation is 1. The zero-order chi connectivity index (χ0) is 11.4. The predicted molar refractivity (Wildman–Crippen MR) is 67.5 cm³/mol. The number of hydrogen-bond acceptors (Lipinski definition) is 1. The summed E-state index contributed by atoms with van der Waals surface area (Å²) in [4.78, 5) is 0. The van der Waals surface area contributed by atoms with Crippen LogP contribution in [-0.4, -0.2) is 11.2 Å². The minimum atomic E-state index is -0.0814. The lowest BCUT2D eigenvalue weighted by Crippen LogP contribution is -2.21. The van der Waals surface area contributed by atoms with Crippen molar-refractivity contribution in [3.63, 3.8) is 0 Å². The highest BCUT2D eigenvalue weighted by Gasteiger charge is 2.22. The third-order valence-electron chi connectivity index (χ3n) is 3.86. The third kappa shape index (κ3) is 2.85. The summed E-state index contributed by atoms with van der Waals surface area (Å²) in [7, 11) is 0. The van der Waals surface area contributed by atoms with Crippen LogP contribution in [0, 0.1) is 12.8 Å². The van der Waals surface area contributed by atoms with Crippen LogP contribution < -0.4 is 0 Å². The second kappa shape index (κ2) is 5.49. The van der Waals surface area contributed by atoms with Gasteiger partial charge in [0.15, 0.2) is 0 Å². The molecule has 1 aliphatic rings. The highest BCUT2D eigenvalue weighted by molar-refractivity contribution is 5.26. The van der Waals surface area contributed by atoms with Gasteiger partial charge in [-0.25, -0.2) is 0 Å². The van der Waals surface area contributed by atoms with Crippen LogP contribution in [0.4, 0.5) is 0 Å². The van der Waals surface area contributed by atoms with Crippen molar-refractivity contribution in [2.75, 3.05) is 0 Å². The molecule has 1 aliphatic carbocycles. The van der Waals surface area contributed by atoms with Crippen LogP contribution >= 0.6 is 0 Å². The van der Waals surface area contributed by atoms with E-state index >= 15 is 0 Å². The van der Waals surface area contributed by atoms with Gasteiger partial charge in [-0.3, -0.25) is 0 Å². The lowest BCUT2D eigenvalue weighted by atomic mass is 9.89. The smallest absolute Gasteiger partial charge is 0.0571 e. The van der Waals surface area contributed by atoms with Gasteiger partial charge in [0, 0.05) is 0 Å². The van der Waals surface area contributed by atoms with Crippen molar-refractivity contribution in [1.82, 2.24) is 0 Å². The van der Waals surface area contributed by atoms with Crippen molar-refractivity contribution in [3.8, 4) is 0 Å². The Labute approximate surface area is 98.5 Å². The number of aliphatic hydroxyl groups is 1. The van der Waals surface area contributed by atoms with Crippen LogP contribution in [-0.2, 0) is 6.42 Å². The summed E-state index contributed by atoms with van der Waals surface area (Å²) in [5, 5.41) is 10.1. The largest absolute Gasteiger partial charge is 0.393 e. The Kier molecular flexibility index (Phi) is 4.00. The molecule has 0 heterocycles. The van der Waals surface area contributed by atoms with E-state index < -0.39 is 0 Å². The van der Waals surface area contributed by atoms with Gasteiger partial charge in [0.25, 0.3) is 0 Å². The molecule has 1 N–H and O–H groups in total. The molecule has 1 saturated carbocycles. The summed E-state index contributed by atoms with van der Waals surface area (Å²) in [5.41, 5.74) is 2.77. The van der Waals surface area contributed by atoms with Gasteiger partial charge < -0.3 is 5.11 Å². The van der Waals surface area contributed by atoms with Crippen LogP contribution in [0.15, 0.2) is 24.3 Å². The molecule has 1 aromatic carbocycles. The maximum absolute atomic E-state index is 10.1. The van der Waals surface area contributed by atoms with E-state index in [-0.39, 0.29) is 6.10 Å². The Hall–Kier alpha value is -0.820. The molecular weight excluding hydrogens is 196 g/mol. The molecule has 2 rings (SSSR count). The summed E-state index contributed by atoms with van der Waals surface area (Å²) < 4.78 is 0. The fraction of sp³-hybridized carbons (Fsp3) is 0.600. The maximum Gasteiger partial charge on any atom is 0.0571 e. The zero-order valence-corrected chi connectivity index (χ0v) is 10.2. The zero-order valence-electron chi connectivity index (χ0n) is 10.2. The van der Waals surface area contributed by atoms with E-state index in [1.165, 1.54) is 36.8 Å². The van der Waals surface area contributed by atoms with Crippen molar-refractivity contribution in [2.45, 2.75) is 51.6 Å². The van der Waals surface area contributed by atoms with Crippen LogP contribution in [0.3, 0.4) is 0 Å². The van der Waals surface area contributed by atoms with E-state index in [2.05, 4.69) is 31.2 Å². The topological polar surface area (TPSA) is 20.2 Å². The average Bonchev–Trinajstić information content (AvgIpc) is 2.48. The predicted octanol–water partition coefficient (Wildman–Crippen LogP) is 3.48. The molecule has 0 radical (unpaired) electrons. The van der Waals surface area contributed by atoms with Gasteiger partial charge >= 0.3 is 0 Å². The lowest BCUT2D eigenvalue weighted by molar-refractivity contribution is 0.101. The second-order valence-corrected chi connectivity index (χ2v) is 5.10. The monoisotopic (exact) mass is 218 g/mol. The quantitative estimate of drug-likeness (QED) is 0.753. The van der Waals surface area contributed by atoms with E-state index in [1.54, 1.807) is 0 Å². The third-order valence-corrected chi connectivity index (χ3v) is 3.86. The normalized spacial score (nSPS) is 26.4. The van der Waals surface area contributed by atoms with Crippen LogP contribution in [0.2, 0.25) is 0 Å². The van der Waals surface area contributed by atoms with Gasteiger partial charge in [0.1, 0.15) is 0 Å². The van der Waals surface area contributed by atoms with Gasteiger partial charge in [0.05, 0.1) is 6.10 Å². The second-order valence-electron chi connectivity index (χ2n) is 5.10. The van der Waals surface area contributed by atoms with Gasteiger partial charge in [-0.15, -0.1) is 0 Å². The van der Waals surface area contributed by atoms with E-state index in [0.29, 0.717) is 5.92 Å². The van der Waals surface area contributed by atoms with Crippen molar-refractivity contribution in [2.24, 2.45) is 5.92 Å². The Morgan fingerprint density at radius 3 is 2.69 bits per heavy atom. The number of aliphatic hydroxyl groups excluding tert-OH is 1. The molecule has 2 atom stereocenters. The molecule has 88 valence electrons. The fourth-order valence-electron chi connectivity index (χ4n) is 2.72. The van der Waals surface area contributed by atoms with E-state index in [4.69, 9.17) is 0 Å². The van der Waals surface area contributed by atoms with Gasteiger partial charge in [0.2, 0.25) is 0 Å². The first-order valence-corrected chi connectivity index (χ1v) is 6.50. The van der Waals surface area contributed by atoms with Crippen LogP contribution in [0.1, 0.15) is 43.2 Å². The minimum absolute atomic E-state index is 0.0814. The van der Waals surface area contributed by atoms with Crippen molar-refractivity contribution < 1.29 is 5.11 Å². The van der Waals surface area contributed by atoms with Gasteiger partial charge in [-0.2, -0.15) is 0 Å². The molecule has 0 bridgehead atoms. The van der Waals surface area contributed by atoms with Crippen LogP contribution in [0.5, 0.6) is 0 Å². The molecule has 2 unspecified atom stereocenters. The molecule has 0 spiro atoms. The highest BCUT2D eigenvalue weighted by atomic mass is 16.3. The first-order valence-electron chi connectivity index (χ1n) is 6.50.